The van der Waals surface area contributed by atoms with Crippen molar-refractivity contribution in [2.75, 3.05) is 0 Å². The first-order chi connectivity index (χ1) is 5.75. The molecule has 0 spiro atoms. The summed E-state index contributed by atoms with van der Waals surface area (Å²) in [5.74, 6) is 0.771. The van der Waals surface area contributed by atoms with Gasteiger partial charge in [-0.05, 0) is 13.0 Å². The van der Waals surface area contributed by atoms with Crippen molar-refractivity contribution in [2.45, 2.75) is 6.92 Å². The number of nitrogens with zero attached hydrogens (tertiary/aromatic N) is 2. The summed E-state index contributed by atoms with van der Waals surface area (Å²) in [6.45, 7) is 1.86. The van der Waals surface area contributed by atoms with E-state index in [-0.39, 0.29) is 0 Å². The monoisotopic (exact) mass is 154 g/mol. The zero-order valence-electron chi connectivity index (χ0n) is 6.78. The second-order valence-electron chi connectivity index (χ2n) is 2.74. The molecule has 1 heterocycles. The van der Waals surface area contributed by atoms with Crippen LogP contribution in [0, 0.1) is 6.92 Å². The lowest BCUT2D eigenvalue weighted by atomic mass is 9.95. The van der Waals surface area contributed by atoms with Crippen LogP contribution >= 0.6 is 0 Å². The van der Waals surface area contributed by atoms with Crippen molar-refractivity contribution in [2.24, 2.45) is 0 Å². The highest BCUT2D eigenvalue weighted by Crippen LogP contribution is 2.07. The van der Waals surface area contributed by atoms with Gasteiger partial charge in [-0.1, -0.05) is 17.6 Å². The minimum Gasteiger partial charge on any atom is -0.241 e. The Bertz CT molecular complexity index is 389. The Balaban J connectivity index is 2.80. The molecule has 0 saturated heterocycles. The topological polar surface area (TPSA) is 25.8 Å². The second-order valence-corrected chi connectivity index (χ2v) is 2.74. The van der Waals surface area contributed by atoms with E-state index in [1.807, 2.05) is 25.1 Å². The Morgan fingerprint density at radius 1 is 1.33 bits per heavy atom. The lowest BCUT2D eigenvalue weighted by Gasteiger charge is -1.98. The van der Waals surface area contributed by atoms with Crippen LogP contribution in [-0.4, -0.2) is 17.8 Å². The lowest BCUT2D eigenvalue weighted by Crippen LogP contribution is -2.01. The predicted molar refractivity (Wildman–Crippen MR) is 49.7 cm³/mol. The smallest absolute Gasteiger partial charge is 0.125 e. The Labute approximate surface area is 72.1 Å². The van der Waals surface area contributed by atoms with Crippen LogP contribution in [0.1, 0.15) is 5.82 Å². The fourth-order valence-electron chi connectivity index (χ4n) is 1.13. The third kappa shape index (κ3) is 1.18. The summed E-state index contributed by atoms with van der Waals surface area (Å²) < 4.78 is 0. The number of hydrogen-bond donors (Lipinski definition) is 0. The summed E-state index contributed by atoms with van der Waals surface area (Å²) in [6, 6.07) is 5.62. The number of aryl methyl sites for hydroxylation is 1. The third-order valence-corrected chi connectivity index (χ3v) is 1.73. The normalized spacial score (nSPS) is 10.4. The molecule has 0 aliphatic heterocycles. The number of hydrogen-bond acceptors (Lipinski definition) is 2. The molecule has 2 radical (unpaired) electrons. The summed E-state index contributed by atoms with van der Waals surface area (Å²) in [5.41, 5.74) is 1.64. The average Bonchev–Trinajstić information content (AvgIpc) is 2.03. The van der Waals surface area contributed by atoms with Gasteiger partial charge in [0.25, 0.3) is 0 Å². The molecule has 0 atom stereocenters. The Morgan fingerprint density at radius 3 is 3.00 bits per heavy atom. The summed E-state index contributed by atoms with van der Waals surface area (Å²) in [4.78, 5) is 8.33. The Morgan fingerprint density at radius 2 is 2.17 bits per heavy atom. The molecule has 12 heavy (non-hydrogen) atoms. The zero-order valence-corrected chi connectivity index (χ0v) is 6.78. The zero-order chi connectivity index (χ0) is 8.55. The molecular formula is C9H7BN2. The van der Waals surface area contributed by atoms with Gasteiger partial charge >= 0.3 is 0 Å². The van der Waals surface area contributed by atoms with E-state index in [0.717, 1.165) is 22.2 Å². The third-order valence-electron chi connectivity index (χ3n) is 1.73. The van der Waals surface area contributed by atoms with Gasteiger partial charge in [0.15, 0.2) is 0 Å². The van der Waals surface area contributed by atoms with Crippen LogP contribution in [0.4, 0.5) is 0 Å². The van der Waals surface area contributed by atoms with Crippen LogP contribution in [0.2, 0.25) is 0 Å². The summed E-state index contributed by atoms with van der Waals surface area (Å²) in [5, 5.41) is 1.02. The van der Waals surface area contributed by atoms with Crippen molar-refractivity contribution in [3.05, 3.63) is 30.2 Å². The molecule has 0 bridgehead atoms. The highest BCUT2D eigenvalue weighted by molar-refractivity contribution is 6.33. The number of fused-ring (bicyclic) bond motifs is 1. The molecule has 3 heteroatoms. The Kier molecular flexibility index (Phi) is 1.57. The van der Waals surface area contributed by atoms with E-state index < -0.39 is 0 Å². The van der Waals surface area contributed by atoms with E-state index in [4.69, 9.17) is 7.85 Å². The standard InChI is InChI=1S/C9H7BN2/c1-6-11-5-7-2-3-8(10)4-9(7)12-6/h2-5H,1H3. The molecular weight excluding hydrogens is 147 g/mol. The summed E-state index contributed by atoms with van der Waals surface area (Å²) in [7, 11) is 5.61. The molecule has 0 aliphatic rings. The van der Waals surface area contributed by atoms with Crippen LogP contribution in [0.25, 0.3) is 10.9 Å². The maximum absolute atomic E-state index is 5.61. The van der Waals surface area contributed by atoms with Gasteiger partial charge < -0.3 is 0 Å². The van der Waals surface area contributed by atoms with Gasteiger partial charge in [-0.15, -0.1) is 0 Å². The first-order valence-corrected chi connectivity index (χ1v) is 3.74. The van der Waals surface area contributed by atoms with Gasteiger partial charge in [-0.2, -0.15) is 0 Å². The minimum atomic E-state index is 0.737. The molecule has 0 amide bonds. The van der Waals surface area contributed by atoms with Gasteiger partial charge in [-0.3, -0.25) is 0 Å². The highest BCUT2D eigenvalue weighted by Gasteiger charge is 1.94. The minimum absolute atomic E-state index is 0.737. The fraction of sp³-hybridized carbons (Fsp3) is 0.111. The van der Waals surface area contributed by atoms with E-state index in [1.165, 1.54) is 0 Å². The molecule has 2 nitrogen and oxygen atoms in total. The summed E-state index contributed by atoms with van der Waals surface area (Å²) in [6.07, 6.45) is 1.80. The number of rotatable bonds is 0. The van der Waals surface area contributed by atoms with Crippen molar-refractivity contribution >= 4 is 24.2 Å². The van der Waals surface area contributed by atoms with E-state index in [2.05, 4.69) is 9.97 Å². The maximum atomic E-state index is 5.61. The molecule has 0 saturated carbocycles. The molecule has 2 rings (SSSR count). The number of benzene rings is 1. The SMILES string of the molecule is [B]c1ccc2cnc(C)nc2c1. The van der Waals surface area contributed by atoms with E-state index in [1.54, 1.807) is 6.20 Å². The fourth-order valence-corrected chi connectivity index (χ4v) is 1.13. The van der Waals surface area contributed by atoms with Gasteiger partial charge in [0.1, 0.15) is 13.7 Å². The van der Waals surface area contributed by atoms with Crippen LogP contribution in [0.3, 0.4) is 0 Å². The molecule has 2 aromatic rings. The van der Waals surface area contributed by atoms with Crippen molar-refractivity contribution in [1.82, 2.24) is 9.97 Å². The quantitative estimate of drug-likeness (QED) is 0.522. The van der Waals surface area contributed by atoms with Gasteiger partial charge in [0.05, 0.1) is 5.52 Å². The van der Waals surface area contributed by atoms with Crippen molar-refractivity contribution in [3.63, 3.8) is 0 Å². The number of aromatic nitrogens is 2. The molecule has 0 unspecified atom stereocenters. The molecule has 0 N–H and O–H groups in total. The first kappa shape index (κ1) is 7.28. The van der Waals surface area contributed by atoms with Crippen molar-refractivity contribution in [1.29, 1.82) is 0 Å². The lowest BCUT2D eigenvalue weighted by molar-refractivity contribution is 1.09. The second kappa shape index (κ2) is 2.59. The predicted octanol–water partition coefficient (Wildman–Crippen LogP) is 0.732. The van der Waals surface area contributed by atoms with Gasteiger partial charge in [-0.25, -0.2) is 9.97 Å². The molecule has 1 aromatic carbocycles. The molecule has 56 valence electrons. The largest absolute Gasteiger partial charge is 0.241 e. The highest BCUT2D eigenvalue weighted by atomic mass is 14.9. The van der Waals surface area contributed by atoms with Crippen molar-refractivity contribution < 1.29 is 0 Å². The van der Waals surface area contributed by atoms with Crippen molar-refractivity contribution in [3.8, 4) is 0 Å². The molecule has 0 fully saturated rings. The molecule has 1 aromatic heterocycles. The van der Waals surface area contributed by atoms with Gasteiger partial charge in [0, 0.05) is 11.6 Å². The van der Waals surface area contributed by atoms with E-state index in [0.29, 0.717) is 0 Å². The van der Waals surface area contributed by atoms with Crippen LogP contribution in [0.5, 0.6) is 0 Å². The first-order valence-electron chi connectivity index (χ1n) is 3.74. The average molecular weight is 154 g/mol. The van der Waals surface area contributed by atoms with Crippen LogP contribution in [-0.2, 0) is 0 Å². The Hall–Kier alpha value is -1.38. The maximum Gasteiger partial charge on any atom is 0.125 e. The molecule has 0 aliphatic carbocycles. The van der Waals surface area contributed by atoms with E-state index in [9.17, 15) is 0 Å². The summed E-state index contributed by atoms with van der Waals surface area (Å²) >= 11 is 0. The van der Waals surface area contributed by atoms with E-state index >= 15 is 0 Å². The van der Waals surface area contributed by atoms with Crippen LogP contribution < -0.4 is 5.46 Å². The van der Waals surface area contributed by atoms with Gasteiger partial charge in [0.2, 0.25) is 0 Å². The van der Waals surface area contributed by atoms with Crippen LogP contribution in [0.15, 0.2) is 24.4 Å².